The summed E-state index contributed by atoms with van der Waals surface area (Å²) in [6.45, 7) is 1.62. The van der Waals surface area contributed by atoms with E-state index in [2.05, 4.69) is 0 Å². The van der Waals surface area contributed by atoms with Gasteiger partial charge in [0.2, 0.25) is 5.91 Å². The van der Waals surface area contributed by atoms with Crippen LogP contribution in [0, 0.1) is 23.7 Å². The number of carbonyl (C=O) groups excluding carboxylic acids is 5. The van der Waals surface area contributed by atoms with Gasteiger partial charge >= 0.3 is 0 Å². The summed E-state index contributed by atoms with van der Waals surface area (Å²) in [5.74, 6) is -13.5. The third kappa shape index (κ3) is 2.49. The van der Waals surface area contributed by atoms with Gasteiger partial charge in [-0.15, -0.1) is 0 Å². The fraction of sp³-hybridized carbons (Fsp3) is 0.450. The molecule has 1 aromatic carbocycles. The van der Waals surface area contributed by atoms with E-state index in [1.807, 2.05) is 0 Å². The van der Waals surface area contributed by atoms with Gasteiger partial charge in [0.15, 0.2) is 34.7 Å². The van der Waals surface area contributed by atoms with Crippen molar-refractivity contribution in [2.45, 2.75) is 31.0 Å². The standard InChI is InChI=1S/C20H19ClN2O8/c1-4-5-2-6-14(25)16(27)12(19(23)30)18(29)20(6,31)17(28)10(5)15(26)11-8(24)3-7(21)13(22)9(4)11/h3-6,10,12,14,24-25,31H,2,22H2,1H3,(H2,23,30)/t4-,5-,6+,10?,12?,14-,20+/m1/s1. The second-order valence-corrected chi connectivity index (χ2v) is 8.80. The second kappa shape index (κ2) is 6.59. The first-order valence-corrected chi connectivity index (χ1v) is 9.90. The highest BCUT2D eigenvalue weighted by Gasteiger charge is 2.69. The van der Waals surface area contributed by atoms with Crippen LogP contribution in [0.2, 0.25) is 5.02 Å². The highest BCUT2D eigenvalue weighted by molar-refractivity contribution is 6.35. The molecule has 3 aliphatic rings. The molecule has 31 heavy (non-hydrogen) atoms. The minimum Gasteiger partial charge on any atom is -0.507 e. The van der Waals surface area contributed by atoms with Gasteiger partial charge in [-0.05, 0) is 23.8 Å². The Morgan fingerprint density at radius 3 is 2.42 bits per heavy atom. The molecule has 1 amide bonds. The lowest BCUT2D eigenvalue weighted by atomic mass is 9.51. The Labute approximate surface area is 180 Å². The number of anilines is 1. The fourth-order valence-corrected chi connectivity index (χ4v) is 5.65. The van der Waals surface area contributed by atoms with Crippen LogP contribution in [0.5, 0.6) is 5.75 Å². The minimum absolute atomic E-state index is 0.000322. The third-order valence-corrected chi connectivity index (χ3v) is 7.30. The fourth-order valence-electron chi connectivity index (χ4n) is 5.44. The van der Waals surface area contributed by atoms with Crippen LogP contribution in [0.4, 0.5) is 5.69 Å². The zero-order valence-corrected chi connectivity index (χ0v) is 16.9. The van der Waals surface area contributed by atoms with E-state index in [0.29, 0.717) is 0 Å². The molecule has 0 spiro atoms. The van der Waals surface area contributed by atoms with Crippen molar-refractivity contribution >= 4 is 46.3 Å². The van der Waals surface area contributed by atoms with Gasteiger partial charge in [0, 0.05) is 12.0 Å². The van der Waals surface area contributed by atoms with Crippen molar-refractivity contribution in [1.82, 2.24) is 0 Å². The highest BCUT2D eigenvalue weighted by Crippen LogP contribution is 2.55. The lowest BCUT2D eigenvalue weighted by molar-refractivity contribution is -0.186. The molecule has 11 heteroatoms. The molecule has 1 aromatic rings. The van der Waals surface area contributed by atoms with E-state index < -0.39 is 76.1 Å². The van der Waals surface area contributed by atoms with Crippen LogP contribution < -0.4 is 11.5 Å². The molecular formula is C20H19ClN2O8. The Morgan fingerprint density at radius 1 is 1.23 bits per heavy atom. The molecule has 0 saturated heterocycles. The van der Waals surface area contributed by atoms with Crippen LogP contribution in [-0.4, -0.2) is 56.1 Å². The number of nitrogen functional groups attached to an aromatic ring is 1. The maximum Gasteiger partial charge on any atom is 0.235 e. The summed E-state index contributed by atoms with van der Waals surface area (Å²) in [5, 5.41) is 31.9. The Morgan fingerprint density at radius 2 is 1.84 bits per heavy atom. The van der Waals surface area contributed by atoms with Crippen molar-refractivity contribution < 1.29 is 39.3 Å². The van der Waals surface area contributed by atoms with E-state index in [9.17, 15) is 39.3 Å². The van der Waals surface area contributed by atoms with Crippen molar-refractivity contribution in [2.24, 2.45) is 29.4 Å². The molecule has 7 atom stereocenters. The largest absolute Gasteiger partial charge is 0.507 e. The molecule has 0 aromatic heterocycles. The number of ketones is 4. The van der Waals surface area contributed by atoms with E-state index in [0.717, 1.165) is 6.07 Å². The SMILES string of the molecule is C[C@H]1c2c(N)c(Cl)cc(O)c2C(=O)C2C(=O)[C@]3(O)C(=O)C(C(N)=O)C(=O)[C@H](O)[C@@H]3C[C@@H]21. The normalized spacial score (nSPS) is 37.2. The number of amides is 1. The zero-order valence-electron chi connectivity index (χ0n) is 16.2. The summed E-state index contributed by atoms with van der Waals surface area (Å²) in [5.41, 5.74) is 8.18. The molecule has 7 N–H and O–H groups in total. The van der Waals surface area contributed by atoms with E-state index in [-0.39, 0.29) is 28.3 Å². The monoisotopic (exact) mass is 450 g/mol. The number of phenolic OH excluding ortho intramolecular Hbond substituents is 1. The van der Waals surface area contributed by atoms with Crippen LogP contribution in [0.1, 0.15) is 35.2 Å². The van der Waals surface area contributed by atoms with Crippen LogP contribution >= 0.6 is 11.6 Å². The number of benzene rings is 1. The number of rotatable bonds is 1. The first kappa shape index (κ1) is 21.4. The number of carbonyl (C=O) groups is 5. The molecule has 2 unspecified atom stereocenters. The molecule has 4 rings (SSSR count). The summed E-state index contributed by atoms with van der Waals surface area (Å²) in [6, 6.07) is 1.06. The Balaban J connectivity index is 1.91. The predicted octanol–water partition coefficient (Wildman–Crippen LogP) is -0.906. The Hall–Kier alpha value is -2.82. The number of aliphatic hydroxyl groups excluding tert-OH is 1. The predicted molar refractivity (Wildman–Crippen MR) is 104 cm³/mol. The summed E-state index contributed by atoms with van der Waals surface area (Å²) in [4.78, 5) is 63.5. The summed E-state index contributed by atoms with van der Waals surface area (Å²) < 4.78 is 0. The van der Waals surface area contributed by atoms with Crippen LogP contribution in [-0.2, 0) is 19.2 Å². The molecule has 0 heterocycles. The van der Waals surface area contributed by atoms with Gasteiger partial charge in [-0.3, -0.25) is 24.0 Å². The molecule has 0 radical (unpaired) electrons. The average Bonchev–Trinajstić information content (AvgIpc) is 2.68. The Bertz CT molecular complexity index is 1100. The van der Waals surface area contributed by atoms with Crippen LogP contribution in [0.25, 0.3) is 0 Å². The van der Waals surface area contributed by atoms with Crippen LogP contribution in [0.3, 0.4) is 0 Å². The Kier molecular flexibility index (Phi) is 4.55. The molecular weight excluding hydrogens is 432 g/mol. The number of Topliss-reactive ketones (excluding diaryl/α,β-unsaturated/α-hetero) is 4. The third-order valence-electron chi connectivity index (χ3n) is 6.99. The zero-order chi connectivity index (χ0) is 23.2. The molecule has 3 aliphatic carbocycles. The van der Waals surface area contributed by atoms with Gasteiger partial charge in [0.25, 0.3) is 0 Å². The van der Waals surface area contributed by atoms with E-state index >= 15 is 0 Å². The first-order valence-electron chi connectivity index (χ1n) is 9.52. The number of hydrogen-bond acceptors (Lipinski definition) is 9. The number of hydrogen-bond donors (Lipinski definition) is 5. The summed E-state index contributed by atoms with van der Waals surface area (Å²) in [7, 11) is 0. The van der Waals surface area contributed by atoms with Crippen molar-refractivity contribution in [3.63, 3.8) is 0 Å². The smallest absolute Gasteiger partial charge is 0.235 e. The summed E-state index contributed by atoms with van der Waals surface area (Å²) >= 11 is 6.03. The lowest BCUT2D eigenvalue weighted by Gasteiger charge is -2.51. The van der Waals surface area contributed by atoms with E-state index in [1.165, 1.54) is 0 Å². The van der Waals surface area contributed by atoms with Crippen LogP contribution in [0.15, 0.2) is 6.07 Å². The molecule has 0 bridgehead atoms. The number of aliphatic hydroxyl groups is 2. The maximum absolute atomic E-state index is 13.4. The lowest BCUT2D eigenvalue weighted by Crippen LogP contribution is -2.72. The van der Waals surface area contributed by atoms with E-state index in [1.54, 1.807) is 6.92 Å². The number of nitrogens with two attached hydrogens (primary N) is 2. The molecule has 10 nitrogen and oxygen atoms in total. The van der Waals surface area contributed by atoms with Crippen molar-refractivity contribution in [2.75, 3.05) is 5.73 Å². The van der Waals surface area contributed by atoms with Gasteiger partial charge in [-0.1, -0.05) is 18.5 Å². The van der Waals surface area contributed by atoms with Gasteiger partial charge in [-0.2, -0.15) is 0 Å². The molecule has 2 fully saturated rings. The van der Waals surface area contributed by atoms with Crippen molar-refractivity contribution in [3.05, 3.63) is 22.2 Å². The van der Waals surface area contributed by atoms with Gasteiger partial charge in [0.1, 0.15) is 11.9 Å². The van der Waals surface area contributed by atoms with E-state index in [4.69, 9.17) is 23.1 Å². The molecule has 2 saturated carbocycles. The van der Waals surface area contributed by atoms with Crippen molar-refractivity contribution in [3.8, 4) is 5.75 Å². The molecule has 0 aliphatic heterocycles. The quantitative estimate of drug-likeness (QED) is 0.204. The number of phenols is 1. The average molecular weight is 451 g/mol. The van der Waals surface area contributed by atoms with Gasteiger partial charge < -0.3 is 26.8 Å². The van der Waals surface area contributed by atoms with Gasteiger partial charge in [-0.25, -0.2) is 0 Å². The molecule has 164 valence electrons. The highest BCUT2D eigenvalue weighted by atomic mass is 35.5. The number of primary amides is 1. The van der Waals surface area contributed by atoms with Crippen molar-refractivity contribution in [1.29, 1.82) is 0 Å². The van der Waals surface area contributed by atoms with Gasteiger partial charge in [0.05, 0.1) is 22.2 Å². The topological polar surface area (TPSA) is 198 Å². The maximum atomic E-state index is 13.4. The minimum atomic E-state index is -2.95. The number of fused-ring (bicyclic) bond motifs is 3. The number of halogens is 1. The summed E-state index contributed by atoms with van der Waals surface area (Å²) in [6.07, 6.45) is -2.28. The number of aromatic hydroxyl groups is 1. The first-order chi connectivity index (χ1) is 14.3. The second-order valence-electron chi connectivity index (χ2n) is 8.39.